The van der Waals surface area contributed by atoms with E-state index in [0.717, 1.165) is 0 Å². The molecule has 72 valence electrons. The van der Waals surface area contributed by atoms with Gasteiger partial charge in [-0.3, -0.25) is 0 Å². The first-order valence-electron chi connectivity index (χ1n) is 3.54. The molecule has 1 aliphatic heterocycles. The van der Waals surface area contributed by atoms with Gasteiger partial charge in [0, 0.05) is 6.29 Å². The van der Waals surface area contributed by atoms with Gasteiger partial charge < -0.3 is 30.3 Å². The molecule has 6 nitrogen and oxygen atoms in total. The van der Waals surface area contributed by atoms with Gasteiger partial charge in [0.2, 0.25) is 0 Å². The SMILES string of the molecule is [K+].[O-]C1OC(CO)C(O)C(O)C1O. The molecule has 0 bridgehead atoms. The summed E-state index contributed by atoms with van der Waals surface area (Å²) in [5, 5.41) is 46.3. The minimum absolute atomic E-state index is 0. The van der Waals surface area contributed by atoms with Gasteiger partial charge in [0.05, 0.1) is 12.7 Å². The van der Waals surface area contributed by atoms with Crippen LogP contribution in [0, 0.1) is 0 Å². The van der Waals surface area contributed by atoms with Crippen molar-refractivity contribution in [3.05, 3.63) is 0 Å². The second-order valence-electron chi connectivity index (χ2n) is 2.70. The molecule has 0 radical (unpaired) electrons. The molecule has 0 aliphatic carbocycles. The Morgan fingerprint density at radius 2 is 1.62 bits per heavy atom. The minimum atomic E-state index is -1.82. The van der Waals surface area contributed by atoms with E-state index in [0.29, 0.717) is 0 Å². The number of rotatable bonds is 1. The smallest absolute Gasteiger partial charge is 0.829 e. The van der Waals surface area contributed by atoms with Crippen LogP contribution in [-0.4, -0.2) is 57.7 Å². The average molecular weight is 218 g/mol. The van der Waals surface area contributed by atoms with Crippen molar-refractivity contribution in [3.8, 4) is 0 Å². The van der Waals surface area contributed by atoms with Crippen molar-refractivity contribution >= 4 is 0 Å². The number of hydrogen-bond donors (Lipinski definition) is 4. The normalized spacial score (nSPS) is 45.5. The van der Waals surface area contributed by atoms with Gasteiger partial charge in [-0.25, -0.2) is 0 Å². The van der Waals surface area contributed by atoms with Crippen LogP contribution in [0.1, 0.15) is 0 Å². The van der Waals surface area contributed by atoms with Crippen LogP contribution in [0.5, 0.6) is 0 Å². The Hall–Kier alpha value is 1.40. The van der Waals surface area contributed by atoms with Crippen molar-refractivity contribution in [2.24, 2.45) is 0 Å². The van der Waals surface area contributed by atoms with E-state index >= 15 is 0 Å². The fraction of sp³-hybridized carbons (Fsp3) is 1.00. The van der Waals surface area contributed by atoms with E-state index in [1.165, 1.54) is 0 Å². The Kier molecular flexibility index (Phi) is 6.74. The van der Waals surface area contributed by atoms with Gasteiger partial charge in [0.1, 0.15) is 18.3 Å². The summed E-state index contributed by atoms with van der Waals surface area (Å²) in [7, 11) is 0. The second kappa shape index (κ2) is 6.08. The Balaban J connectivity index is 0.00000144. The minimum Gasteiger partial charge on any atom is -0.829 e. The van der Waals surface area contributed by atoms with Crippen LogP contribution in [0.2, 0.25) is 0 Å². The number of aliphatic hydroxyl groups is 4. The molecular formula is C6H11KO6. The fourth-order valence-corrected chi connectivity index (χ4v) is 1.07. The second-order valence-corrected chi connectivity index (χ2v) is 2.70. The molecule has 5 atom stereocenters. The summed E-state index contributed by atoms with van der Waals surface area (Å²) in [6, 6.07) is 0. The van der Waals surface area contributed by atoms with Crippen molar-refractivity contribution in [3.63, 3.8) is 0 Å². The van der Waals surface area contributed by atoms with Crippen LogP contribution in [0.15, 0.2) is 0 Å². The summed E-state index contributed by atoms with van der Waals surface area (Å²) in [5.41, 5.74) is 0. The third-order valence-corrected chi connectivity index (χ3v) is 1.85. The molecule has 0 aromatic rings. The fourth-order valence-electron chi connectivity index (χ4n) is 1.07. The van der Waals surface area contributed by atoms with Gasteiger partial charge >= 0.3 is 51.4 Å². The maximum Gasteiger partial charge on any atom is 1.00 e. The van der Waals surface area contributed by atoms with E-state index in [-0.39, 0.29) is 51.4 Å². The monoisotopic (exact) mass is 218 g/mol. The Labute approximate surface area is 118 Å². The molecular weight excluding hydrogens is 207 g/mol. The van der Waals surface area contributed by atoms with E-state index in [9.17, 15) is 5.11 Å². The predicted octanol–water partition coefficient (Wildman–Crippen LogP) is -6.85. The molecule has 0 aromatic carbocycles. The van der Waals surface area contributed by atoms with Crippen LogP contribution < -0.4 is 56.5 Å². The van der Waals surface area contributed by atoms with Crippen molar-refractivity contribution in [2.75, 3.05) is 6.61 Å². The number of ether oxygens (including phenoxy) is 1. The topological polar surface area (TPSA) is 113 Å². The van der Waals surface area contributed by atoms with E-state index in [2.05, 4.69) is 4.74 Å². The molecule has 1 aliphatic rings. The summed E-state index contributed by atoms with van der Waals surface area (Å²) in [5.74, 6) is 0. The molecule has 1 fully saturated rings. The van der Waals surface area contributed by atoms with E-state index in [1.54, 1.807) is 0 Å². The van der Waals surface area contributed by atoms with Gasteiger partial charge in [0.15, 0.2) is 0 Å². The van der Waals surface area contributed by atoms with Gasteiger partial charge in [-0.05, 0) is 0 Å². The molecule has 1 heterocycles. The molecule has 0 saturated carbocycles. The van der Waals surface area contributed by atoms with Crippen LogP contribution in [0.4, 0.5) is 0 Å². The van der Waals surface area contributed by atoms with Crippen LogP contribution in [-0.2, 0) is 4.74 Å². The van der Waals surface area contributed by atoms with Gasteiger partial charge in [-0.2, -0.15) is 0 Å². The third kappa shape index (κ3) is 3.18. The summed E-state index contributed by atoms with van der Waals surface area (Å²) in [6.45, 7) is -0.566. The van der Waals surface area contributed by atoms with Gasteiger partial charge in [-0.1, -0.05) is 0 Å². The molecule has 4 N–H and O–H groups in total. The zero-order valence-electron chi connectivity index (χ0n) is 7.20. The first kappa shape index (κ1) is 14.4. The molecule has 1 saturated heterocycles. The van der Waals surface area contributed by atoms with Gasteiger partial charge in [0.25, 0.3) is 0 Å². The molecule has 7 heteroatoms. The van der Waals surface area contributed by atoms with E-state index in [1.807, 2.05) is 0 Å². The maximum absolute atomic E-state index is 10.7. The summed E-state index contributed by atoms with van der Waals surface area (Å²) >= 11 is 0. The molecule has 0 aromatic heterocycles. The van der Waals surface area contributed by atoms with Crippen LogP contribution in [0.3, 0.4) is 0 Å². The van der Waals surface area contributed by atoms with Crippen molar-refractivity contribution in [1.29, 1.82) is 0 Å². The first-order valence-corrected chi connectivity index (χ1v) is 3.54. The maximum atomic E-state index is 10.7. The zero-order valence-corrected chi connectivity index (χ0v) is 10.3. The Bertz CT molecular complexity index is 151. The predicted molar refractivity (Wildman–Crippen MR) is 33.8 cm³/mol. The number of hydrogen-bond acceptors (Lipinski definition) is 6. The van der Waals surface area contributed by atoms with Crippen molar-refractivity contribution in [1.82, 2.24) is 0 Å². The quantitative estimate of drug-likeness (QED) is 0.325. The standard InChI is InChI=1S/C6H11O6.K/c7-1-2-3(8)4(9)5(10)6(11)12-2;/h2-10H,1H2;/q-1;+1. The summed E-state index contributed by atoms with van der Waals surface area (Å²) < 4.78 is 4.46. The van der Waals surface area contributed by atoms with Crippen LogP contribution in [0.25, 0.3) is 0 Å². The first-order chi connectivity index (χ1) is 5.57. The van der Waals surface area contributed by atoms with Gasteiger partial charge in [-0.15, -0.1) is 0 Å². The third-order valence-electron chi connectivity index (χ3n) is 1.85. The van der Waals surface area contributed by atoms with E-state index < -0.39 is 37.3 Å². The molecule has 13 heavy (non-hydrogen) atoms. The Morgan fingerprint density at radius 3 is 2.08 bits per heavy atom. The largest absolute Gasteiger partial charge is 1.00 e. The van der Waals surface area contributed by atoms with E-state index in [4.69, 9.17) is 20.4 Å². The molecule has 1 rings (SSSR count). The number of aliphatic hydroxyl groups excluding tert-OH is 4. The molecule has 5 unspecified atom stereocenters. The van der Waals surface area contributed by atoms with Crippen molar-refractivity contribution in [2.45, 2.75) is 30.7 Å². The molecule has 0 amide bonds. The summed E-state index contributed by atoms with van der Waals surface area (Å²) in [4.78, 5) is 0. The molecule has 0 spiro atoms. The average Bonchev–Trinajstić information content (AvgIpc) is 2.08. The van der Waals surface area contributed by atoms with Crippen molar-refractivity contribution < 1.29 is 81.7 Å². The Morgan fingerprint density at radius 1 is 1.08 bits per heavy atom. The summed E-state index contributed by atoms with van der Waals surface area (Å²) in [6.07, 6.45) is -7.57. The van der Waals surface area contributed by atoms with Crippen LogP contribution >= 0.6 is 0 Å². The zero-order chi connectivity index (χ0) is 9.30.